The van der Waals surface area contributed by atoms with Crippen LogP contribution >= 0.6 is 0 Å². The van der Waals surface area contributed by atoms with E-state index in [1.807, 2.05) is 12.1 Å². The fourth-order valence-corrected chi connectivity index (χ4v) is 5.27. The Morgan fingerprint density at radius 2 is 1.36 bits per heavy atom. The standard InChI is InChI=1S/C20H17.C13H10.2ClH.Ti/c1-13-7-9-17-16(11-13)12-19-18(17)10-8-14(2)20(19)15-5-3-4-6-15;1-3-7-12(8-4-1)11-13-9-5-2-6-10-13;;;/h3-5,7-12H,6H2,1-2H3;1-10H;2*1H;/q-1;;;;+2/p-2. The van der Waals surface area contributed by atoms with Gasteiger partial charge < -0.3 is 24.8 Å². The third-order valence-electron chi connectivity index (χ3n) is 6.47. The summed E-state index contributed by atoms with van der Waals surface area (Å²) in [7, 11) is 0. The molecule has 3 heteroatoms. The predicted octanol–water partition coefficient (Wildman–Crippen LogP) is 2.48. The Morgan fingerprint density at radius 1 is 0.750 bits per heavy atom. The topological polar surface area (TPSA) is 0 Å². The molecule has 0 aromatic heterocycles. The third-order valence-corrected chi connectivity index (χ3v) is 7.37. The van der Waals surface area contributed by atoms with Gasteiger partial charge in [-0.05, 0) is 20.3 Å². The van der Waals surface area contributed by atoms with Crippen molar-refractivity contribution < 1.29 is 44.8 Å². The molecule has 0 N–H and O–H groups in total. The van der Waals surface area contributed by atoms with E-state index in [1.54, 1.807) is 0 Å². The van der Waals surface area contributed by atoms with E-state index in [0.717, 1.165) is 6.42 Å². The maximum atomic E-state index is 2.36. The molecule has 0 nitrogen and oxygen atoms in total. The summed E-state index contributed by atoms with van der Waals surface area (Å²) in [6.45, 7) is 4.38. The third kappa shape index (κ3) is 5.85. The van der Waals surface area contributed by atoms with Crippen LogP contribution < -0.4 is 24.8 Å². The minimum atomic E-state index is 0. The maximum absolute atomic E-state index is 2.36. The van der Waals surface area contributed by atoms with Gasteiger partial charge >= 0.3 is 95.6 Å². The number of allylic oxidation sites excluding steroid dienone is 4. The molecule has 0 atom stereocenters. The van der Waals surface area contributed by atoms with Crippen molar-refractivity contribution in [2.45, 2.75) is 20.3 Å². The zero-order valence-electron chi connectivity index (χ0n) is 20.4. The van der Waals surface area contributed by atoms with Gasteiger partial charge in [-0.1, -0.05) is 64.8 Å². The van der Waals surface area contributed by atoms with Crippen LogP contribution in [0.25, 0.3) is 27.1 Å². The summed E-state index contributed by atoms with van der Waals surface area (Å²) in [5.74, 6) is 0. The summed E-state index contributed by atoms with van der Waals surface area (Å²) in [5.41, 5.74) is 8.16. The van der Waals surface area contributed by atoms with E-state index in [9.17, 15) is 0 Å². The van der Waals surface area contributed by atoms with Gasteiger partial charge in [0.25, 0.3) is 0 Å². The van der Waals surface area contributed by atoms with Crippen molar-refractivity contribution in [1.29, 1.82) is 0 Å². The fourth-order valence-electron chi connectivity index (χ4n) is 4.75. The second kappa shape index (κ2) is 12.6. The van der Waals surface area contributed by atoms with Crippen molar-refractivity contribution in [3.05, 3.63) is 143 Å². The molecule has 6 rings (SSSR count). The van der Waals surface area contributed by atoms with Crippen molar-refractivity contribution in [1.82, 2.24) is 0 Å². The summed E-state index contributed by atoms with van der Waals surface area (Å²) >= 11 is 2.16. The number of fused-ring (bicyclic) bond motifs is 3. The molecule has 0 unspecified atom stereocenters. The van der Waals surface area contributed by atoms with Crippen molar-refractivity contribution in [2.75, 3.05) is 0 Å². The van der Waals surface area contributed by atoms with Crippen LogP contribution in [-0.2, 0) is 20.0 Å². The van der Waals surface area contributed by atoms with Crippen LogP contribution in [0.2, 0.25) is 0 Å². The molecule has 36 heavy (non-hydrogen) atoms. The Labute approximate surface area is 237 Å². The molecule has 0 heterocycles. The van der Waals surface area contributed by atoms with Crippen molar-refractivity contribution in [3.63, 3.8) is 0 Å². The van der Waals surface area contributed by atoms with Gasteiger partial charge in [-0.3, -0.25) is 0 Å². The number of halogens is 2. The van der Waals surface area contributed by atoms with Crippen LogP contribution in [0.3, 0.4) is 0 Å². The Balaban J connectivity index is 0.000000201. The van der Waals surface area contributed by atoms with E-state index >= 15 is 0 Å². The van der Waals surface area contributed by atoms with Crippen LogP contribution in [0.1, 0.15) is 34.2 Å². The van der Waals surface area contributed by atoms with E-state index in [0.29, 0.717) is 0 Å². The van der Waals surface area contributed by atoms with E-state index in [1.165, 1.54) is 58.7 Å². The first-order valence-corrected chi connectivity index (χ1v) is 12.5. The molecule has 0 fully saturated rings. The van der Waals surface area contributed by atoms with Crippen LogP contribution in [0.5, 0.6) is 0 Å². The summed E-state index contributed by atoms with van der Waals surface area (Å²) in [4.78, 5) is 0. The van der Waals surface area contributed by atoms with Gasteiger partial charge in [-0.2, -0.15) is 0 Å². The molecule has 0 aliphatic heterocycles. The van der Waals surface area contributed by atoms with Gasteiger partial charge in [0.15, 0.2) is 0 Å². The summed E-state index contributed by atoms with van der Waals surface area (Å²) in [6, 6.07) is 34.6. The van der Waals surface area contributed by atoms with Crippen LogP contribution in [0, 0.1) is 13.8 Å². The Bertz CT molecular complexity index is 1500. The van der Waals surface area contributed by atoms with Crippen LogP contribution in [-0.4, -0.2) is 3.81 Å². The molecule has 0 amide bonds. The Hall–Kier alpha value is -2.61. The van der Waals surface area contributed by atoms with Crippen molar-refractivity contribution >= 4 is 30.9 Å². The van der Waals surface area contributed by atoms with E-state index in [2.05, 4.69) is 137 Å². The second-order valence-electron chi connectivity index (χ2n) is 8.88. The summed E-state index contributed by atoms with van der Waals surface area (Å²) in [5, 5.41) is 5.52. The van der Waals surface area contributed by atoms with Gasteiger partial charge in [-0.15, -0.1) is 33.7 Å². The van der Waals surface area contributed by atoms with Crippen LogP contribution in [0.4, 0.5) is 0 Å². The average molecular weight is 542 g/mol. The molecule has 0 spiro atoms. The Kier molecular flexibility index (Phi) is 9.77. The van der Waals surface area contributed by atoms with Gasteiger partial charge in [0.1, 0.15) is 0 Å². The van der Waals surface area contributed by atoms with Gasteiger partial charge in [0.2, 0.25) is 0 Å². The Morgan fingerprint density at radius 3 is 1.94 bits per heavy atom. The predicted molar refractivity (Wildman–Crippen MR) is 144 cm³/mol. The molecular weight excluding hydrogens is 515 g/mol. The molecule has 0 saturated heterocycles. The fraction of sp³-hybridized carbons (Fsp3) is 0.0909. The van der Waals surface area contributed by atoms with E-state index < -0.39 is 0 Å². The molecule has 5 aromatic rings. The first kappa shape index (κ1) is 28.0. The minimum absolute atomic E-state index is 0. The molecule has 178 valence electrons. The molecule has 1 aliphatic rings. The van der Waals surface area contributed by atoms with Crippen LogP contribution in [0.15, 0.2) is 115 Å². The number of rotatable bonds is 3. The summed E-state index contributed by atoms with van der Waals surface area (Å²) < 4.78 is 1.33. The quantitative estimate of drug-likeness (QED) is 0.243. The number of hydrogen-bond acceptors (Lipinski definition) is 0. The van der Waals surface area contributed by atoms with Gasteiger partial charge in [0, 0.05) is 0 Å². The molecule has 1 aliphatic carbocycles. The molecule has 0 radical (unpaired) electrons. The number of benzene rings is 4. The summed E-state index contributed by atoms with van der Waals surface area (Å²) in [6.07, 6.45) is 7.71. The van der Waals surface area contributed by atoms with E-state index in [4.69, 9.17) is 0 Å². The molecule has 0 bridgehead atoms. The molecule has 0 saturated carbocycles. The molecule has 5 aromatic carbocycles. The number of aryl methyl sites for hydroxylation is 2. The first-order chi connectivity index (χ1) is 16.6. The number of hydrogen-bond donors (Lipinski definition) is 0. The monoisotopic (exact) mass is 541 g/mol. The first-order valence-electron chi connectivity index (χ1n) is 11.8. The zero-order chi connectivity index (χ0) is 23.5. The normalized spacial score (nSPS) is 11.8. The zero-order valence-corrected chi connectivity index (χ0v) is 23.5. The van der Waals surface area contributed by atoms with Crippen molar-refractivity contribution in [2.24, 2.45) is 0 Å². The molecular formula is C33H27Cl2Ti-. The van der Waals surface area contributed by atoms with Gasteiger partial charge in [0.05, 0.1) is 0 Å². The van der Waals surface area contributed by atoms with Crippen molar-refractivity contribution in [3.8, 4) is 0 Å². The second-order valence-corrected chi connectivity index (χ2v) is 9.67. The van der Waals surface area contributed by atoms with Gasteiger partial charge in [-0.25, -0.2) is 0 Å². The average Bonchev–Trinajstić information content (AvgIpc) is 3.53. The van der Waals surface area contributed by atoms with E-state index in [-0.39, 0.29) is 24.8 Å². The SMILES string of the molecule is Cc1ccc2c(c1)[cH-]c1c(C3=CC=CC3)c(C)ccc12.[Cl-].[Cl-].[Ti+2]=[C](c1ccccc1)c1ccccc1.